The van der Waals surface area contributed by atoms with Crippen LogP contribution in [0.5, 0.6) is 0 Å². The van der Waals surface area contributed by atoms with Crippen molar-refractivity contribution in [2.24, 2.45) is 5.92 Å². The van der Waals surface area contributed by atoms with Crippen LogP contribution in [0.25, 0.3) is 0 Å². The van der Waals surface area contributed by atoms with E-state index in [9.17, 15) is 4.79 Å². The first-order chi connectivity index (χ1) is 12.5. The van der Waals surface area contributed by atoms with Crippen molar-refractivity contribution < 1.29 is 4.79 Å². The van der Waals surface area contributed by atoms with Gasteiger partial charge in [0.2, 0.25) is 0 Å². The van der Waals surface area contributed by atoms with E-state index in [0.29, 0.717) is 10.1 Å². The molecule has 26 heavy (non-hydrogen) atoms. The molecule has 2 aromatic rings. The first kappa shape index (κ1) is 18.8. The van der Waals surface area contributed by atoms with Crippen LogP contribution in [0, 0.1) is 5.92 Å². The number of carbonyl (C=O) groups excluding carboxylic acids is 1. The van der Waals surface area contributed by atoms with E-state index in [1.807, 2.05) is 42.5 Å². The van der Waals surface area contributed by atoms with Crippen molar-refractivity contribution in [2.75, 3.05) is 30.8 Å². The number of hydrogen-bond donors (Lipinski definition) is 2. The Morgan fingerprint density at radius 1 is 1.12 bits per heavy atom. The lowest BCUT2D eigenvalue weighted by atomic mass is 9.89. The smallest absolute Gasteiger partial charge is 0.175 e. The highest BCUT2D eigenvalue weighted by Gasteiger charge is 2.24. The van der Waals surface area contributed by atoms with Gasteiger partial charge in [-0.25, -0.2) is 0 Å². The van der Waals surface area contributed by atoms with Crippen molar-refractivity contribution >= 4 is 46.1 Å². The molecule has 0 unspecified atom stereocenters. The molecule has 0 spiro atoms. The monoisotopic (exact) mass is 387 g/mol. The molecule has 0 saturated carbocycles. The second kappa shape index (κ2) is 8.62. The van der Waals surface area contributed by atoms with Gasteiger partial charge in [0.1, 0.15) is 0 Å². The predicted octanol–water partition coefficient (Wildman–Crippen LogP) is 4.67. The lowest BCUT2D eigenvalue weighted by molar-refractivity contribution is 0.0857. The molecule has 1 heterocycles. The number of anilines is 2. The van der Waals surface area contributed by atoms with Crippen LogP contribution in [0.15, 0.2) is 48.5 Å². The van der Waals surface area contributed by atoms with Gasteiger partial charge in [-0.15, -0.1) is 0 Å². The van der Waals surface area contributed by atoms with Gasteiger partial charge in [-0.1, -0.05) is 35.9 Å². The third-order valence-electron chi connectivity index (χ3n) is 4.62. The van der Waals surface area contributed by atoms with E-state index in [1.54, 1.807) is 6.07 Å². The minimum Gasteiger partial charge on any atom is -0.332 e. The number of piperidine rings is 1. The second-order valence-electron chi connectivity index (χ2n) is 6.58. The maximum atomic E-state index is 12.8. The van der Waals surface area contributed by atoms with E-state index in [4.69, 9.17) is 23.8 Å². The summed E-state index contributed by atoms with van der Waals surface area (Å²) >= 11 is 11.5. The highest BCUT2D eigenvalue weighted by Crippen LogP contribution is 2.23. The number of thiocarbonyl (C=S) groups is 1. The molecule has 4 nitrogen and oxygen atoms in total. The number of nitrogens with one attached hydrogen (secondary N) is 2. The fraction of sp³-hybridized carbons (Fsp3) is 0.300. The molecule has 1 saturated heterocycles. The average molecular weight is 388 g/mol. The van der Waals surface area contributed by atoms with Gasteiger partial charge < -0.3 is 15.5 Å². The van der Waals surface area contributed by atoms with Crippen LogP contribution >= 0.6 is 23.8 Å². The molecule has 0 radical (unpaired) electrons. The van der Waals surface area contributed by atoms with Crippen LogP contribution in [0.1, 0.15) is 23.2 Å². The molecule has 6 heteroatoms. The van der Waals surface area contributed by atoms with Crippen molar-refractivity contribution in [2.45, 2.75) is 12.8 Å². The number of benzene rings is 2. The predicted molar refractivity (Wildman–Crippen MR) is 112 cm³/mol. The quantitative estimate of drug-likeness (QED) is 0.589. The number of halogens is 1. The summed E-state index contributed by atoms with van der Waals surface area (Å²) in [7, 11) is 2.10. The van der Waals surface area contributed by atoms with E-state index >= 15 is 0 Å². The molecule has 1 aliphatic rings. The van der Waals surface area contributed by atoms with E-state index in [-0.39, 0.29) is 11.7 Å². The third-order valence-corrected chi connectivity index (χ3v) is 5.15. The summed E-state index contributed by atoms with van der Waals surface area (Å²) < 4.78 is 0. The molecule has 2 aromatic carbocycles. The summed E-state index contributed by atoms with van der Waals surface area (Å²) in [5, 5.41) is 7.23. The van der Waals surface area contributed by atoms with Gasteiger partial charge in [-0.3, -0.25) is 4.79 Å². The zero-order chi connectivity index (χ0) is 18.5. The van der Waals surface area contributed by atoms with Crippen molar-refractivity contribution in [3.8, 4) is 0 Å². The number of likely N-dealkylation sites (tertiary alicyclic amines) is 1. The summed E-state index contributed by atoms with van der Waals surface area (Å²) in [5.74, 6) is 0.321. The SMILES string of the molecule is CN1CCC(C(=O)c2cccc(NC(=S)Nc3ccccc3Cl)c2)CC1. The Kier molecular flexibility index (Phi) is 6.25. The fourth-order valence-corrected chi connectivity index (χ4v) is 3.51. The molecule has 2 N–H and O–H groups in total. The Bertz CT molecular complexity index is 803. The lowest BCUT2D eigenvalue weighted by Crippen LogP contribution is -2.33. The van der Waals surface area contributed by atoms with E-state index in [1.165, 1.54) is 0 Å². The Labute approximate surface area is 164 Å². The van der Waals surface area contributed by atoms with Crippen LogP contribution < -0.4 is 10.6 Å². The highest BCUT2D eigenvalue weighted by atomic mass is 35.5. The van der Waals surface area contributed by atoms with Crippen LogP contribution in [0.3, 0.4) is 0 Å². The number of hydrogen-bond acceptors (Lipinski definition) is 3. The minimum absolute atomic E-state index is 0.106. The van der Waals surface area contributed by atoms with Gasteiger partial charge in [0, 0.05) is 17.2 Å². The molecule has 0 aliphatic carbocycles. The zero-order valence-corrected chi connectivity index (χ0v) is 16.2. The molecule has 1 fully saturated rings. The molecule has 0 amide bonds. The zero-order valence-electron chi connectivity index (χ0n) is 14.7. The number of rotatable bonds is 4. The maximum Gasteiger partial charge on any atom is 0.175 e. The molecule has 3 rings (SSSR count). The van der Waals surface area contributed by atoms with E-state index < -0.39 is 0 Å². The summed E-state index contributed by atoms with van der Waals surface area (Å²) in [5.41, 5.74) is 2.25. The molecule has 0 atom stereocenters. The van der Waals surface area contributed by atoms with Crippen molar-refractivity contribution in [3.05, 3.63) is 59.1 Å². The van der Waals surface area contributed by atoms with Gasteiger partial charge in [0.25, 0.3) is 0 Å². The van der Waals surface area contributed by atoms with E-state index in [0.717, 1.165) is 42.9 Å². The summed E-state index contributed by atoms with van der Waals surface area (Å²) in [6, 6.07) is 14.9. The standard InChI is InChI=1S/C20H22ClN3OS/c1-24-11-9-14(10-12-24)19(25)15-5-4-6-16(13-15)22-20(26)23-18-8-3-2-7-17(18)21/h2-8,13-14H,9-12H2,1H3,(H2,22,23,26). The summed E-state index contributed by atoms with van der Waals surface area (Å²) in [6.07, 6.45) is 1.83. The van der Waals surface area contributed by atoms with Gasteiger partial charge >= 0.3 is 0 Å². The van der Waals surface area contributed by atoms with Crippen molar-refractivity contribution in [3.63, 3.8) is 0 Å². The van der Waals surface area contributed by atoms with Crippen LogP contribution in [0.2, 0.25) is 5.02 Å². The summed E-state index contributed by atoms with van der Waals surface area (Å²) in [6.45, 7) is 1.94. The van der Waals surface area contributed by atoms with Crippen LogP contribution in [0.4, 0.5) is 11.4 Å². The van der Waals surface area contributed by atoms with Gasteiger partial charge in [0.15, 0.2) is 10.9 Å². The Morgan fingerprint density at radius 3 is 2.58 bits per heavy atom. The second-order valence-corrected chi connectivity index (χ2v) is 7.40. The van der Waals surface area contributed by atoms with Crippen LogP contribution in [-0.4, -0.2) is 35.9 Å². The van der Waals surface area contributed by atoms with Gasteiger partial charge in [-0.05, 0) is 69.5 Å². The number of para-hydroxylation sites is 1. The number of carbonyl (C=O) groups is 1. The number of ketones is 1. The topological polar surface area (TPSA) is 44.4 Å². The normalized spacial score (nSPS) is 15.5. The Hall–Kier alpha value is -1.95. The largest absolute Gasteiger partial charge is 0.332 e. The molecular formula is C20H22ClN3OS. The first-order valence-electron chi connectivity index (χ1n) is 8.68. The molecule has 0 aromatic heterocycles. The average Bonchev–Trinajstić information content (AvgIpc) is 2.64. The number of Topliss-reactive ketones (excluding diaryl/α,β-unsaturated/α-hetero) is 1. The fourth-order valence-electron chi connectivity index (χ4n) is 3.10. The van der Waals surface area contributed by atoms with Crippen molar-refractivity contribution in [1.29, 1.82) is 0 Å². The summed E-state index contributed by atoms with van der Waals surface area (Å²) in [4.78, 5) is 15.0. The van der Waals surface area contributed by atoms with E-state index in [2.05, 4.69) is 22.6 Å². The third kappa shape index (κ3) is 4.81. The number of nitrogens with zero attached hydrogens (tertiary/aromatic N) is 1. The highest BCUT2D eigenvalue weighted by molar-refractivity contribution is 7.80. The van der Waals surface area contributed by atoms with Gasteiger partial charge in [-0.2, -0.15) is 0 Å². The maximum absolute atomic E-state index is 12.8. The van der Waals surface area contributed by atoms with Gasteiger partial charge in [0.05, 0.1) is 10.7 Å². The molecule has 136 valence electrons. The van der Waals surface area contributed by atoms with Crippen molar-refractivity contribution in [1.82, 2.24) is 4.90 Å². The Morgan fingerprint density at radius 2 is 1.85 bits per heavy atom. The molecule has 1 aliphatic heterocycles. The Balaban J connectivity index is 1.64. The minimum atomic E-state index is 0.106. The van der Waals surface area contributed by atoms with Crippen LogP contribution in [-0.2, 0) is 0 Å². The first-order valence-corrected chi connectivity index (χ1v) is 9.47. The molecule has 0 bridgehead atoms. The molecular weight excluding hydrogens is 366 g/mol. The lowest BCUT2D eigenvalue weighted by Gasteiger charge is -2.28.